The normalized spacial score (nSPS) is 16.0. The highest BCUT2D eigenvalue weighted by molar-refractivity contribution is 7.84. The highest BCUT2D eigenvalue weighted by Gasteiger charge is 2.31. The summed E-state index contributed by atoms with van der Waals surface area (Å²) in [4.78, 5) is 32.1. The van der Waals surface area contributed by atoms with Gasteiger partial charge in [-0.3, -0.25) is 18.7 Å². The van der Waals surface area contributed by atoms with Crippen LogP contribution in [-0.2, 0) is 42.2 Å². The van der Waals surface area contributed by atoms with Gasteiger partial charge in [0.2, 0.25) is 0 Å². The average Bonchev–Trinajstić information content (AvgIpc) is 3.79. The maximum absolute atomic E-state index is 13.5. The number of imidazole rings is 1. The summed E-state index contributed by atoms with van der Waals surface area (Å²) in [5.74, 6) is 0.455. The number of unbranched alkanes of at least 4 members (excludes halogenated alkanes) is 1. The van der Waals surface area contributed by atoms with Gasteiger partial charge in [-0.15, -0.1) is 0 Å². The predicted molar refractivity (Wildman–Crippen MR) is 205 cm³/mol. The molecule has 2 heterocycles. The Morgan fingerprint density at radius 1 is 1.02 bits per heavy atom. The van der Waals surface area contributed by atoms with Crippen molar-refractivity contribution in [2.45, 2.75) is 82.9 Å². The molecule has 1 aliphatic rings. The van der Waals surface area contributed by atoms with E-state index in [1.165, 1.54) is 6.92 Å². The number of aromatic nitrogens is 2. The smallest absolute Gasteiger partial charge is 0.302 e. The van der Waals surface area contributed by atoms with Gasteiger partial charge < -0.3 is 24.1 Å². The topological polar surface area (TPSA) is 112 Å². The number of anilines is 1. The summed E-state index contributed by atoms with van der Waals surface area (Å²) < 4.78 is 33.3. The number of nitrogens with zero attached hydrogens (tertiary/aromatic N) is 3. The maximum atomic E-state index is 13.5. The average molecular weight is 727 g/mol. The molecule has 10 nitrogen and oxygen atoms in total. The van der Waals surface area contributed by atoms with E-state index in [-0.39, 0.29) is 30.8 Å². The second-order valence-electron chi connectivity index (χ2n) is 13.0. The van der Waals surface area contributed by atoms with E-state index in [0.29, 0.717) is 40.8 Å². The first kappa shape index (κ1) is 38.6. The van der Waals surface area contributed by atoms with Gasteiger partial charge in [-0.05, 0) is 79.8 Å². The number of amides is 1. The van der Waals surface area contributed by atoms with E-state index < -0.39 is 10.8 Å². The Hall–Kier alpha value is -4.58. The highest BCUT2D eigenvalue weighted by Crippen LogP contribution is 2.30. The Morgan fingerprint density at radius 3 is 2.54 bits per heavy atom. The quantitative estimate of drug-likeness (QED) is 0.0639. The highest BCUT2D eigenvalue weighted by atomic mass is 32.2. The number of rotatable bonds is 18. The van der Waals surface area contributed by atoms with Crippen LogP contribution in [0.25, 0.3) is 17.2 Å². The van der Waals surface area contributed by atoms with Gasteiger partial charge in [-0.2, -0.15) is 0 Å². The largest absolute Gasteiger partial charge is 0.489 e. The van der Waals surface area contributed by atoms with Crippen LogP contribution in [0.1, 0.15) is 64.6 Å². The summed E-state index contributed by atoms with van der Waals surface area (Å²) in [5.41, 5.74) is 4.83. The van der Waals surface area contributed by atoms with Gasteiger partial charge in [-0.1, -0.05) is 56.7 Å². The Morgan fingerprint density at radius 2 is 1.81 bits per heavy atom. The second kappa shape index (κ2) is 19.3. The van der Waals surface area contributed by atoms with Gasteiger partial charge >= 0.3 is 5.97 Å². The lowest BCUT2D eigenvalue weighted by molar-refractivity contribution is -0.146. The Kier molecular flexibility index (Phi) is 14.4. The van der Waals surface area contributed by atoms with Crippen LogP contribution in [0.15, 0.2) is 95.8 Å². The van der Waals surface area contributed by atoms with Gasteiger partial charge in [-0.25, -0.2) is 4.98 Å². The zero-order chi connectivity index (χ0) is 36.9. The molecule has 4 aromatic rings. The van der Waals surface area contributed by atoms with Crippen LogP contribution < -0.4 is 10.1 Å². The minimum atomic E-state index is -1.25. The minimum Gasteiger partial charge on any atom is -0.489 e. The third-order valence-corrected chi connectivity index (χ3v) is 10.2. The van der Waals surface area contributed by atoms with E-state index in [1.54, 1.807) is 43.7 Å². The Labute approximate surface area is 309 Å². The summed E-state index contributed by atoms with van der Waals surface area (Å²) in [5, 5.41) is 2.98. The van der Waals surface area contributed by atoms with Crippen molar-refractivity contribution in [3.63, 3.8) is 0 Å². The van der Waals surface area contributed by atoms with E-state index in [2.05, 4.69) is 29.0 Å². The molecule has 0 spiro atoms. The number of nitrogens with one attached hydrogen (secondary N) is 1. The molecule has 1 saturated heterocycles. The summed E-state index contributed by atoms with van der Waals surface area (Å²) in [6, 6.07) is 23.1. The van der Waals surface area contributed by atoms with Crippen LogP contribution in [-0.4, -0.2) is 69.2 Å². The molecular formula is C41H50N4O6S. The zero-order valence-electron chi connectivity index (χ0n) is 30.6. The minimum absolute atomic E-state index is 0.167. The van der Waals surface area contributed by atoms with Crippen molar-refractivity contribution < 1.29 is 28.0 Å². The number of carbonyl (C=O) groups excluding carboxylic acids is 2. The summed E-state index contributed by atoms with van der Waals surface area (Å²) in [6.07, 6.45) is 8.53. The van der Waals surface area contributed by atoms with Crippen molar-refractivity contribution in [2.24, 2.45) is 0 Å². The number of hydrogen-bond donors (Lipinski definition) is 1. The number of likely N-dealkylation sites (tertiary alicyclic amines) is 1. The molecule has 52 heavy (non-hydrogen) atoms. The molecule has 3 aromatic carbocycles. The first-order chi connectivity index (χ1) is 25.2. The fourth-order valence-electron chi connectivity index (χ4n) is 6.08. The van der Waals surface area contributed by atoms with Gasteiger partial charge in [0.05, 0.1) is 28.6 Å². The number of carbonyl (C=O) groups is 2. The lowest BCUT2D eigenvalue weighted by Crippen LogP contribution is -2.41. The van der Waals surface area contributed by atoms with E-state index in [1.807, 2.05) is 59.2 Å². The molecule has 276 valence electrons. The molecule has 3 atom stereocenters. The van der Waals surface area contributed by atoms with E-state index in [9.17, 15) is 13.8 Å². The van der Waals surface area contributed by atoms with E-state index in [0.717, 1.165) is 61.2 Å². The van der Waals surface area contributed by atoms with Crippen molar-refractivity contribution in [3.05, 3.63) is 102 Å². The number of esters is 1. The molecule has 3 unspecified atom stereocenters. The van der Waals surface area contributed by atoms with Gasteiger partial charge in [0.25, 0.3) is 5.91 Å². The monoisotopic (exact) mass is 726 g/mol. The van der Waals surface area contributed by atoms with Crippen LogP contribution in [0.3, 0.4) is 0 Å². The summed E-state index contributed by atoms with van der Waals surface area (Å²) in [6.45, 7) is 10.4. The first-order valence-corrected chi connectivity index (χ1v) is 19.4. The number of benzene rings is 3. The molecule has 1 aliphatic heterocycles. The molecular weight excluding hydrogens is 677 g/mol. The van der Waals surface area contributed by atoms with Crippen molar-refractivity contribution in [3.8, 4) is 16.9 Å². The van der Waals surface area contributed by atoms with Crippen LogP contribution >= 0.6 is 0 Å². The lowest BCUT2D eigenvalue weighted by atomic mass is 10.0. The molecule has 11 heteroatoms. The van der Waals surface area contributed by atoms with Crippen LogP contribution in [0.5, 0.6) is 5.75 Å². The molecule has 0 radical (unpaired) electrons. The molecule has 1 aromatic heterocycles. The Balaban J connectivity index is 1.30. The SMILES string of the molecule is CCCCOC(COc1ccc(-c2ccccc2)cc1/C=C(\C)C(=O)Nc1ccc(S(=O)Cc2cncn2CCC)cc1)N1CCC(OC(C)=O)C1. The van der Waals surface area contributed by atoms with Crippen molar-refractivity contribution in [2.75, 3.05) is 31.6 Å². The fourth-order valence-corrected chi connectivity index (χ4v) is 7.20. The molecule has 0 saturated carbocycles. The molecule has 1 fully saturated rings. The molecule has 5 rings (SSSR count). The lowest BCUT2D eigenvalue weighted by Gasteiger charge is -2.28. The predicted octanol–water partition coefficient (Wildman–Crippen LogP) is 7.47. The van der Waals surface area contributed by atoms with Gasteiger partial charge in [0.15, 0.2) is 0 Å². The van der Waals surface area contributed by atoms with Crippen LogP contribution in [0.2, 0.25) is 0 Å². The van der Waals surface area contributed by atoms with Crippen LogP contribution in [0, 0.1) is 0 Å². The van der Waals surface area contributed by atoms with Gasteiger partial charge in [0, 0.05) is 61.1 Å². The van der Waals surface area contributed by atoms with Crippen molar-refractivity contribution >= 4 is 34.4 Å². The summed E-state index contributed by atoms with van der Waals surface area (Å²) in [7, 11) is -1.25. The first-order valence-electron chi connectivity index (χ1n) is 18.1. The van der Waals surface area contributed by atoms with E-state index in [4.69, 9.17) is 14.2 Å². The molecule has 1 N–H and O–H groups in total. The molecule has 0 bridgehead atoms. The zero-order valence-corrected chi connectivity index (χ0v) is 31.4. The Bertz CT molecular complexity index is 1820. The maximum Gasteiger partial charge on any atom is 0.302 e. The van der Waals surface area contributed by atoms with Gasteiger partial charge in [0.1, 0.15) is 24.7 Å². The standard InChI is InChI=1S/C41H50N4O6S/c1-5-7-22-49-40(44-21-19-37(26-44)51-31(4)46)27-50-39-18-13-33(32-11-9-8-10-12-32)24-34(39)23-30(3)41(47)43-35-14-16-38(17-15-35)52(48)28-36-25-42-29-45(36)20-6-2/h8-18,23-25,29,37,40H,5-7,19-22,26-28H2,1-4H3,(H,43,47)/b30-23+. The molecule has 0 aliphatic carbocycles. The third-order valence-electron chi connectivity index (χ3n) is 8.87. The number of aryl methyl sites for hydroxylation is 1. The summed E-state index contributed by atoms with van der Waals surface area (Å²) >= 11 is 0. The second-order valence-corrected chi connectivity index (χ2v) is 14.4. The number of ether oxygens (including phenoxy) is 3. The van der Waals surface area contributed by atoms with E-state index >= 15 is 0 Å². The van der Waals surface area contributed by atoms with Crippen molar-refractivity contribution in [1.82, 2.24) is 14.5 Å². The number of hydrogen-bond acceptors (Lipinski definition) is 8. The fraction of sp³-hybridized carbons (Fsp3) is 0.390. The third kappa shape index (κ3) is 11.0. The van der Waals surface area contributed by atoms with Crippen molar-refractivity contribution in [1.29, 1.82) is 0 Å². The molecule has 1 amide bonds. The van der Waals surface area contributed by atoms with Crippen LogP contribution in [0.4, 0.5) is 5.69 Å².